The first-order valence-electron chi connectivity index (χ1n) is 8.04. The van der Waals surface area contributed by atoms with Gasteiger partial charge >= 0.3 is 0 Å². The van der Waals surface area contributed by atoms with E-state index in [1.807, 2.05) is 14.2 Å². The van der Waals surface area contributed by atoms with Gasteiger partial charge < -0.3 is 9.47 Å². The van der Waals surface area contributed by atoms with Crippen LogP contribution in [0.1, 0.15) is 66.2 Å². The van der Waals surface area contributed by atoms with Gasteiger partial charge in [0, 0.05) is 27.4 Å². The molecule has 0 heterocycles. The number of rotatable bonds is 12. The summed E-state index contributed by atoms with van der Waals surface area (Å²) in [4.78, 5) is 0. The first-order valence-corrected chi connectivity index (χ1v) is 8.04. The van der Waals surface area contributed by atoms with E-state index in [1.54, 1.807) is 0 Å². The first kappa shape index (κ1) is 18.9. The fourth-order valence-corrected chi connectivity index (χ4v) is 2.90. The van der Waals surface area contributed by atoms with Crippen molar-refractivity contribution in [2.75, 3.05) is 27.4 Å². The number of hydrogen-bond acceptors (Lipinski definition) is 2. The average Bonchev–Trinajstić information content (AvgIpc) is 2.45. The van der Waals surface area contributed by atoms with Crippen molar-refractivity contribution in [2.45, 2.75) is 66.2 Å². The van der Waals surface area contributed by atoms with E-state index in [2.05, 4.69) is 27.7 Å². The summed E-state index contributed by atoms with van der Waals surface area (Å²) < 4.78 is 10.7. The van der Waals surface area contributed by atoms with Crippen LogP contribution < -0.4 is 0 Å². The largest absolute Gasteiger partial charge is 0.385 e. The Bertz CT molecular complexity index is 195. The summed E-state index contributed by atoms with van der Waals surface area (Å²) in [6.45, 7) is 11.1. The maximum absolute atomic E-state index is 5.36. The summed E-state index contributed by atoms with van der Waals surface area (Å²) in [7, 11) is 3.62. The minimum Gasteiger partial charge on any atom is -0.385 e. The Labute approximate surface area is 121 Å². The van der Waals surface area contributed by atoms with Crippen LogP contribution in [0.25, 0.3) is 0 Å². The van der Waals surface area contributed by atoms with Gasteiger partial charge in [0.25, 0.3) is 0 Å². The van der Waals surface area contributed by atoms with E-state index in [4.69, 9.17) is 9.47 Å². The van der Waals surface area contributed by atoms with Crippen molar-refractivity contribution >= 4 is 0 Å². The lowest BCUT2D eigenvalue weighted by molar-refractivity contribution is 0.0395. The Morgan fingerprint density at radius 1 is 0.842 bits per heavy atom. The van der Waals surface area contributed by atoms with Crippen LogP contribution in [0, 0.1) is 17.3 Å². The topological polar surface area (TPSA) is 18.5 Å². The van der Waals surface area contributed by atoms with Crippen LogP contribution in [0.15, 0.2) is 0 Å². The van der Waals surface area contributed by atoms with Gasteiger partial charge in [-0.3, -0.25) is 0 Å². The van der Waals surface area contributed by atoms with E-state index < -0.39 is 0 Å². The summed E-state index contributed by atoms with van der Waals surface area (Å²) in [5.74, 6) is 1.57. The molecule has 0 aliphatic heterocycles. The van der Waals surface area contributed by atoms with Gasteiger partial charge in [0.05, 0.1) is 0 Å². The Kier molecular flexibility index (Phi) is 10.6. The van der Waals surface area contributed by atoms with Crippen LogP contribution in [0.4, 0.5) is 0 Å². The highest BCUT2D eigenvalue weighted by atomic mass is 16.5. The van der Waals surface area contributed by atoms with Crippen LogP contribution in [-0.2, 0) is 9.47 Å². The molecule has 0 saturated carbocycles. The van der Waals surface area contributed by atoms with Crippen molar-refractivity contribution in [3.05, 3.63) is 0 Å². The molecule has 19 heavy (non-hydrogen) atoms. The molecule has 2 unspecified atom stereocenters. The van der Waals surface area contributed by atoms with E-state index in [0.717, 1.165) is 37.9 Å². The molecule has 116 valence electrons. The van der Waals surface area contributed by atoms with Crippen LogP contribution >= 0.6 is 0 Å². The summed E-state index contributed by atoms with van der Waals surface area (Å²) in [6, 6.07) is 0. The third kappa shape index (κ3) is 6.76. The smallest absolute Gasteiger partial charge is 0.0467 e. The van der Waals surface area contributed by atoms with Gasteiger partial charge in [-0.15, -0.1) is 0 Å². The van der Waals surface area contributed by atoms with E-state index in [0.29, 0.717) is 5.41 Å². The van der Waals surface area contributed by atoms with Gasteiger partial charge in [0.2, 0.25) is 0 Å². The molecule has 0 rings (SSSR count). The predicted octanol–water partition coefficient (Wildman–Crippen LogP) is 4.92. The SMILES string of the molecule is CCC(C)CCC(CCOC)(CCOC)C(C)CC. The molecule has 0 aromatic heterocycles. The zero-order chi connectivity index (χ0) is 14.7. The molecule has 0 bridgehead atoms. The second-order valence-corrected chi connectivity index (χ2v) is 6.21. The lowest BCUT2D eigenvalue weighted by Gasteiger charge is -2.40. The Hall–Kier alpha value is -0.0800. The van der Waals surface area contributed by atoms with Crippen molar-refractivity contribution in [1.82, 2.24) is 0 Å². The Morgan fingerprint density at radius 2 is 1.37 bits per heavy atom. The highest BCUT2D eigenvalue weighted by Crippen LogP contribution is 2.43. The summed E-state index contributed by atoms with van der Waals surface area (Å²) in [5.41, 5.74) is 0.393. The van der Waals surface area contributed by atoms with Gasteiger partial charge in [-0.25, -0.2) is 0 Å². The van der Waals surface area contributed by atoms with Gasteiger partial charge in [0.15, 0.2) is 0 Å². The molecule has 0 radical (unpaired) electrons. The molecular weight excluding hydrogens is 236 g/mol. The van der Waals surface area contributed by atoms with E-state index in [9.17, 15) is 0 Å². The minimum absolute atomic E-state index is 0.393. The molecular formula is C17H36O2. The van der Waals surface area contributed by atoms with Crippen LogP contribution in [-0.4, -0.2) is 27.4 Å². The highest BCUT2D eigenvalue weighted by molar-refractivity contribution is 4.84. The molecule has 0 aromatic rings. The molecule has 0 saturated heterocycles. The van der Waals surface area contributed by atoms with Crippen molar-refractivity contribution in [3.63, 3.8) is 0 Å². The predicted molar refractivity (Wildman–Crippen MR) is 83.6 cm³/mol. The summed E-state index contributed by atoms with van der Waals surface area (Å²) in [5, 5.41) is 0. The summed E-state index contributed by atoms with van der Waals surface area (Å²) >= 11 is 0. The van der Waals surface area contributed by atoms with Crippen molar-refractivity contribution in [3.8, 4) is 0 Å². The van der Waals surface area contributed by atoms with Crippen LogP contribution in [0.2, 0.25) is 0 Å². The zero-order valence-electron chi connectivity index (χ0n) is 14.1. The molecule has 2 heteroatoms. The molecule has 0 N–H and O–H groups in total. The van der Waals surface area contributed by atoms with Gasteiger partial charge in [-0.2, -0.15) is 0 Å². The fraction of sp³-hybridized carbons (Fsp3) is 1.00. The second-order valence-electron chi connectivity index (χ2n) is 6.21. The quantitative estimate of drug-likeness (QED) is 0.502. The van der Waals surface area contributed by atoms with Crippen molar-refractivity contribution in [1.29, 1.82) is 0 Å². The molecule has 2 nitrogen and oxygen atoms in total. The monoisotopic (exact) mass is 272 g/mol. The molecule has 0 aliphatic carbocycles. The maximum atomic E-state index is 5.36. The lowest BCUT2D eigenvalue weighted by atomic mass is 9.66. The molecule has 0 amide bonds. The third-order valence-electron chi connectivity index (χ3n) is 5.10. The highest BCUT2D eigenvalue weighted by Gasteiger charge is 2.34. The van der Waals surface area contributed by atoms with Crippen molar-refractivity contribution < 1.29 is 9.47 Å². The normalized spacial score (nSPS) is 15.5. The van der Waals surface area contributed by atoms with E-state index in [-0.39, 0.29) is 0 Å². The third-order valence-corrected chi connectivity index (χ3v) is 5.10. The lowest BCUT2D eigenvalue weighted by Crippen LogP contribution is -2.32. The molecule has 2 atom stereocenters. The van der Waals surface area contributed by atoms with Crippen LogP contribution in [0.3, 0.4) is 0 Å². The molecule has 0 fully saturated rings. The number of ether oxygens (including phenoxy) is 2. The molecule has 0 spiro atoms. The number of hydrogen-bond donors (Lipinski definition) is 0. The standard InChI is InChI=1S/C17H36O2/c1-7-15(3)9-10-17(11-13-18-5,12-14-19-6)16(4)8-2/h15-16H,7-14H2,1-6H3. The van der Waals surface area contributed by atoms with E-state index in [1.165, 1.54) is 25.7 Å². The average molecular weight is 272 g/mol. The van der Waals surface area contributed by atoms with Gasteiger partial charge in [-0.1, -0.05) is 47.0 Å². The number of methoxy groups -OCH3 is 2. The molecule has 0 aliphatic rings. The maximum Gasteiger partial charge on any atom is 0.0467 e. The molecule has 0 aromatic carbocycles. The first-order chi connectivity index (χ1) is 9.06. The second kappa shape index (κ2) is 10.7. The minimum atomic E-state index is 0.393. The van der Waals surface area contributed by atoms with Gasteiger partial charge in [0.1, 0.15) is 0 Å². The zero-order valence-corrected chi connectivity index (χ0v) is 14.1. The Balaban J connectivity index is 4.77. The summed E-state index contributed by atoms with van der Waals surface area (Å²) in [6.07, 6.45) is 7.49. The van der Waals surface area contributed by atoms with Gasteiger partial charge in [-0.05, 0) is 36.5 Å². The Morgan fingerprint density at radius 3 is 1.74 bits per heavy atom. The van der Waals surface area contributed by atoms with Crippen molar-refractivity contribution in [2.24, 2.45) is 17.3 Å². The van der Waals surface area contributed by atoms with Crippen LogP contribution in [0.5, 0.6) is 0 Å². The van der Waals surface area contributed by atoms with E-state index >= 15 is 0 Å². The fourth-order valence-electron chi connectivity index (χ4n) is 2.90.